The van der Waals surface area contributed by atoms with Crippen LogP contribution in [-0.4, -0.2) is 35.0 Å². The average molecular weight is 424 g/mol. The summed E-state index contributed by atoms with van der Waals surface area (Å²) in [6.45, 7) is 3.58. The monoisotopic (exact) mass is 423 g/mol. The van der Waals surface area contributed by atoms with Crippen molar-refractivity contribution in [3.05, 3.63) is 70.9 Å². The van der Waals surface area contributed by atoms with Gasteiger partial charge in [0.2, 0.25) is 5.91 Å². The van der Waals surface area contributed by atoms with Crippen molar-refractivity contribution in [1.82, 2.24) is 14.8 Å². The van der Waals surface area contributed by atoms with Gasteiger partial charge in [0.15, 0.2) is 0 Å². The molecule has 1 amide bonds. The molecule has 1 fully saturated rings. The summed E-state index contributed by atoms with van der Waals surface area (Å²) in [4.78, 5) is 15.0. The number of aryl methyl sites for hydroxylation is 2. The zero-order valence-electron chi connectivity index (χ0n) is 17.6. The number of nitrogens with zero attached hydrogens (tertiary/aromatic N) is 2. The van der Waals surface area contributed by atoms with E-state index < -0.39 is 0 Å². The van der Waals surface area contributed by atoms with Crippen molar-refractivity contribution >= 4 is 28.4 Å². The first kappa shape index (κ1) is 21.0. The molecular weight excluding hydrogens is 394 g/mol. The lowest BCUT2D eigenvalue weighted by molar-refractivity contribution is -0.126. The summed E-state index contributed by atoms with van der Waals surface area (Å²) in [7, 11) is 2.08. The maximum absolute atomic E-state index is 12.5. The Bertz CT molecular complexity index is 990. The molecule has 1 aliphatic heterocycles. The Hall–Kier alpha value is -2.30. The van der Waals surface area contributed by atoms with Gasteiger partial charge in [-0.25, -0.2) is 0 Å². The predicted octanol–water partition coefficient (Wildman–Crippen LogP) is 4.79. The summed E-state index contributed by atoms with van der Waals surface area (Å²) in [5.41, 5.74) is 3.84. The van der Waals surface area contributed by atoms with E-state index in [2.05, 4.69) is 64.4 Å². The number of hydrogen-bond acceptors (Lipinski definition) is 2. The molecule has 158 valence electrons. The maximum Gasteiger partial charge on any atom is 0.223 e. The fourth-order valence-corrected chi connectivity index (χ4v) is 4.63. The van der Waals surface area contributed by atoms with Crippen molar-refractivity contribution in [2.24, 2.45) is 13.0 Å². The number of hydrogen-bond donors (Lipinski definition) is 1. The number of halogens is 1. The Labute approximate surface area is 183 Å². The highest BCUT2D eigenvalue weighted by atomic mass is 35.5. The fraction of sp³-hybridized carbons (Fsp3) is 0.400. The maximum atomic E-state index is 12.5. The van der Waals surface area contributed by atoms with Gasteiger partial charge in [0.05, 0.1) is 0 Å². The number of nitrogens with one attached hydrogen (secondary N) is 1. The van der Waals surface area contributed by atoms with E-state index in [4.69, 9.17) is 11.6 Å². The van der Waals surface area contributed by atoms with Gasteiger partial charge < -0.3 is 9.88 Å². The number of amides is 1. The highest BCUT2D eigenvalue weighted by Crippen LogP contribution is 2.27. The van der Waals surface area contributed by atoms with Crippen LogP contribution in [0.5, 0.6) is 0 Å². The minimum atomic E-state index is 0.139. The lowest BCUT2D eigenvalue weighted by Gasteiger charge is -2.31. The second-order valence-corrected chi connectivity index (χ2v) is 8.79. The fourth-order valence-electron chi connectivity index (χ4n) is 4.46. The molecule has 0 saturated carbocycles. The van der Waals surface area contributed by atoms with Crippen molar-refractivity contribution in [1.29, 1.82) is 0 Å². The van der Waals surface area contributed by atoms with E-state index in [0.717, 1.165) is 56.9 Å². The molecule has 0 spiro atoms. The van der Waals surface area contributed by atoms with Crippen LogP contribution in [-0.2, 0) is 24.8 Å². The third-order valence-corrected chi connectivity index (χ3v) is 6.41. The second kappa shape index (κ2) is 9.67. The number of likely N-dealkylation sites (tertiary alicyclic amines) is 1. The van der Waals surface area contributed by atoms with Crippen LogP contribution in [0.15, 0.2) is 54.7 Å². The Morgan fingerprint density at radius 3 is 2.67 bits per heavy atom. The van der Waals surface area contributed by atoms with Gasteiger partial charge in [-0.1, -0.05) is 41.9 Å². The smallest absolute Gasteiger partial charge is 0.223 e. The van der Waals surface area contributed by atoms with Crippen molar-refractivity contribution in [2.45, 2.75) is 32.2 Å². The highest BCUT2D eigenvalue weighted by Gasteiger charge is 2.25. The van der Waals surface area contributed by atoms with Crippen LogP contribution in [0, 0.1) is 5.92 Å². The Morgan fingerprint density at radius 2 is 1.90 bits per heavy atom. The van der Waals surface area contributed by atoms with Gasteiger partial charge in [0.25, 0.3) is 0 Å². The van der Waals surface area contributed by atoms with E-state index in [0.29, 0.717) is 0 Å². The van der Waals surface area contributed by atoms with Gasteiger partial charge in [-0.2, -0.15) is 0 Å². The molecule has 4 rings (SSSR count). The van der Waals surface area contributed by atoms with Crippen molar-refractivity contribution in [3.8, 4) is 0 Å². The normalized spacial score (nSPS) is 15.5. The molecule has 0 bridgehead atoms. The molecule has 0 atom stereocenters. The van der Waals surface area contributed by atoms with Crippen LogP contribution in [0.2, 0.25) is 5.02 Å². The van der Waals surface area contributed by atoms with E-state index >= 15 is 0 Å². The molecule has 1 saturated heterocycles. The van der Waals surface area contributed by atoms with Crippen LogP contribution < -0.4 is 5.32 Å². The molecule has 3 aromatic rings. The molecule has 2 heterocycles. The molecule has 1 aromatic heterocycles. The first-order chi connectivity index (χ1) is 14.6. The molecular formula is C25H30ClN3O. The zero-order chi connectivity index (χ0) is 20.9. The molecule has 2 aromatic carbocycles. The lowest BCUT2D eigenvalue weighted by Crippen LogP contribution is -2.40. The Morgan fingerprint density at radius 1 is 1.13 bits per heavy atom. The summed E-state index contributed by atoms with van der Waals surface area (Å²) in [6, 6.07) is 16.5. The topological polar surface area (TPSA) is 37.3 Å². The Kier molecular flexibility index (Phi) is 6.76. The Balaban J connectivity index is 1.23. The second-order valence-electron chi connectivity index (χ2n) is 8.36. The summed E-state index contributed by atoms with van der Waals surface area (Å²) in [6.07, 6.45) is 6.05. The zero-order valence-corrected chi connectivity index (χ0v) is 18.4. The minimum absolute atomic E-state index is 0.139. The summed E-state index contributed by atoms with van der Waals surface area (Å²) >= 11 is 6.22. The lowest BCUT2D eigenvalue weighted by atomic mass is 9.95. The third kappa shape index (κ3) is 5.05. The van der Waals surface area contributed by atoms with Crippen LogP contribution >= 0.6 is 11.6 Å². The van der Waals surface area contributed by atoms with E-state index in [1.165, 1.54) is 22.0 Å². The number of rotatable bonds is 7. The van der Waals surface area contributed by atoms with Crippen LogP contribution in [0.25, 0.3) is 10.9 Å². The first-order valence-electron chi connectivity index (χ1n) is 10.9. The van der Waals surface area contributed by atoms with E-state index in [9.17, 15) is 4.79 Å². The molecule has 5 heteroatoms. The average Bonchev–Trinajstić information content (AvgIpc) is 3.06. The molecule has 0 aliphatic carbocycles. The third-order valence-electron chi connectivity index (χ3n) is 6.17. The SMILES string of the molecule is Cn1cc(CN2CCC(C(=O)NCCCc3ccccc3)CC2)c2cc(Cl)ccc21. The van der Waals surface area contributed by atoms with Gasteiger partial charge >= 0.3 is 0 Å². The number of carbonyl (C=O) groups is 1. The molecule has 1 aliphatic rings. The van der Waals surface area contributed by atoms with Crippen LogP contribution in [0.3, 0.4) is 0 Å². The number of piperidine rings is 1. The molecule has 30 heavy (non-hydrogen) atoms. The van der Waals surface area contributed by atoms with Gasteiger partial charge in [-0.05, 0) is 68.1 Å². The van der Waals surface area contributed by atoms with E-state index in [-0.39, 0.29) is 11.8 Å². The number of carbonyl (C=O) groups excluding carboxylic acids is 1. The highest BCUT2D eigenvalue weighted by molar-refractivity contribution is 6.31. The van der Waals surface area contributed by atoms with Crippen molar-refractivity contribution < 1.29 is 4.79 Å². The van der Waals surface area contributed by atoms with Crippen LogP contribution in [0.1, 0.15) is 30.4 Å². The molecule has 0 unspecified atom stereocenters. The molecule has 4 nitrogen and oxygen atoms in total. The predicted molar refractivity (Wildman–Crippen MR) is 124 cm³/mol. The van der Waals surface area contributed by atoms with E-state index in [1.54, 1.807) is 0 Å². The summed E-state index contributed by atoms with van der Waals surface area (Å²) < 4.78 is 2.16. The van der Waals surface area contributed by atoms with Gasteiger partial charge in [-0.3, -0.25) is 9.69 Å². The standard InChI is InChI=1S/C25H30ClN3O/c1-28-17-21(23-16-22(26)9-10-24(23)28)18-29-14-11-20(12-15-29)25(30)27-13-5-8-19-6-3-2-4-7-19/h2-4,6-7,9-10,16-17,20H,5,8,11-15,18H2,1H3,(H,27,30). The largest absolute Gasteiger partial charge is 0.356 e. The quantitative estimate of drug-likeness (QED) is 0.554. The van der Waals surface area contributed by atoms with Gasteiger partial charge in [-0.15, -0.1) is 0 Å². The van der Waals surface area contributed by atoms with Crippen molar-refractivity contribution in [2.75, 3.05) is 19.6 Å². The summed E-state index contributed by atoms with van der Waals surface area (Å²) in [5.74, 6) is 0.361. The minimum Gasteiger partial charge on any atom is -0.356 e. The number of benzene rings is 2. The van der Waals surface area contributed by atoms with Gasteiger partial charge in [0.1, 0.15) is 0 Å². The van der Waals surface area contributed by atoms with Crippen LogP contribution in [0.4, 0.5) is 0 Å². The first-order valence-corrected chi connectivity index (χ1v) is 11.3. The van der Waals surface area contributed by atoms with Gasteiger partial charge in [0, 0.05) is 48.2 Å². The number of aromatic nitrogens is 1. The summed E-state index contributed by atoms with van der Waals surface area (Å²) in [5, 5.41) is 5.15. The molecule has 0 radical (unpaired) electrons. The number of fused-ring (bicyclic) bond motifs is 1. The van der Waals surface area contributed by atoms with Crippen molar-refractivity contribution in [3.63, 3.8) is 0 Å². The van der Waals surface area contributed by atoms with E-state index in [1.807, 2.05) is 12.1 Å². The molecule has 1 N–H and O–H groups in total.